The maximum atomic E-state index is 2.53. The smallest absolute Gasteiger partial charge is 0.0175 e. The predicted molar refractivity (Wildman–Crippen MR) is 137 cm³/mol. The van der Waals surface area contributed by atoms with Crippen molar-refractivity contribution in [2.45, 2.75) is 130 Å². The molecular formula is C26H54P2. The summed E-state index contributed by atoms with van der Waals surface area (Å²) in [4.78, 5) is 0. The van der Waals surface area contributed by atoms with Crippen LogP contribution in [0.1, 0.15) is 110 Å². The highest BCUT2D eigenvalue weighted by Gasteiger charge is 2.43. The van der Waals surface area contributed by atoms with Crippen LogP contribution in [0.5, 0.6) is 0 Å². The van der Waals surface area contributed by atoms with Crippen LogP contribution in [0.25, 0.3) is 0 Å². The molecule has 1 fully saturated rings. The van der Waals surface area contributed by atoms with Crippen LogP contribution in [0.2, 0.25) is 0 Å². The number of hydrogen-bond acceptors (Lipinski definition) is 0. The number of hydrogen-bond donors (Lipinski definition) is 0. The maximum Gasteiger partial charge on any atom is -0.0175 e. The second kappa shape index (κ2) is 9.15. The van der Waals surface area contributed by atoms with Gasteiger partial charge in [0.15, 0.2) is 0 Å². The van der Waals surface area contributed by atoms with E-state index in [0.717, 1.165) is 23.7 Å². The molecule has 0 aromatic carbocycles. The molecule has 2 heteroatoms. The molecule has 0 spiro atoms. The van der Waals surface area contributed by atoms with Gasteiger partial charge in [-0.2, -0.15) is 0 Å². The third kappa shape index (κ3) is 7.52. The molecular weight excluding hydrogens is 374 g/mol. The Bertz CT molecular complexity index is 407. The summed E-state index contributed by atoms with van der Waals surface area (Å²) >= 11 is 0. The second-order valence-electron chi connectivity index (χ2n) is 13.9. The van der Waals surface area contributed by atoms with E-state index in [9.17, 15) is 0 Å². The van der Waals surface area contributed by atoms with Gasteiger partial charge < -0.3 is 0 Å². The molecule has 28 heavy (non-hydrogen) atoms. The largest absolute Gasteiger partial charge is 0.0954 e. The first-order chi connectivity index (χ1) is 12.2. The van der Waals surface area contributed by atoms with Gasteiger partial charge >= 0.3 is 0 Å². The minimum atomic E-state index is 0.000466. The fraction of sp³-hybridized carbons (Fsp3) is 1.00. The van der Waals surface area contributed by atoms with E-state index in [-0.39, 0.29) is 15.8 Å². The molecule has 0 radical (unpaired) electrons. The zero-order valence-electron chi connectivity index (χ0n) is 22.0. The fourth-order valence-electron chi connectivity index (χ4n) is 5.83. The van der Waals surface area contributed by atoms with Gasteiger partial charge in [-0.15, -0.1) is 0 Å². The van der Waals surface area contributed by atoms with Crippen molar-refractivity contribution in [1.29, 1.82) is 0 Å². The SMILES string of the molecule is CC1CC(CP(C(C)(C)C)C(C)(C)C)C(CP(C(C)(C)C)C(C)(C)C)CC1C. The Labute approximate surface area is 182 Å². The minimum absolute atomic E-state index is 0.000466. The lowest BCUT2D eigenvalue weighted by molar-refractivity contribution is 0.160. The van der Waals surface area contributed by atoms with Crippen LogP contribution in [-0.2, 0) is 0 Å². The average molecular weight is 429 g/mol. The van der Waals surface area contributed by atoms with Crippen molar-refractivity contribution in [3.05, 3.63) is 0 Å². The molecule has 0 saturated heterocycles. The van der Waals surface area contributed by atoms with Gasteiger partial charge in [0, 0.05) is 0 Å². The third-order valence-electron chi connectivity index (χ3n) is 7.06. The highest BCUT2D eigenvalue weighted by molar-refractivity contribution is 7.61. The van der Waals surface area contributed by atoms with Gasteiger partial charge in [-0.25, -0.2) is 0 Å². The first-order valence-electron chi connectivity index (χ1n) is 11.8. The molecule has 1 rings (SSSR count). The van der Waals surface area contributed by atoms with E-state index in [1.807, 2.05) is 0 Å². The Morgan fingerprint density at radius 1 is 0.500 bits per heavy atom. The quantitative estimate of drug-likeness (QED) is 0.391. The molecule has 1 aliphatic rings. The van der Waals surface area contributed by atoms with Gasteiger partial charge in [0.05, 0.1) is 0 Å². The van der Waals surface area contributed by atoms with Crippen molar-refractivity contribution in [3.63, 3.8) is 0 Å². The van der Waals surface area contributed by atoms with Gasteiger partial charge in [0.1, 0.15) is 0 Å². The Morgan fingerprint density at radius 2 is 0.714 bits per heavy atom. The van der Waals surface area contributed by atoms with Crippen molar-refractivity contribution in [2.75, 3.05) is 12.3 Å². The normalized spacial score (nSPS) is 28.3. The molecule has 0 amide bonds. The van der Waals surface area contributed by atoms with Gasteiger partial charge in [0.25, 0.3) is 0 Å². The molecule has 4 atom stereocenters. The van der Waals surface area contributed by atoms with Crippen molar-refractivity contribution >= 4 is 15.8 Å². The van der Waals surface area contributed by atoms with E-state index < -0.39 is 0 Å². The molecule has 0 heterocycles. The highest BCUT2D eigenvalue weighted by Crippen LogP contribution is 2.65. The molecule has 0 N–H and O–H groups in total. The first kappa shape index (κ1) is 26.9. The third-order valence-corrected chi connectivity index (χ3v) is 15.2. The Balaban J connectivity index is 3.18. The Kier molecular flexibility index (Phi) is 8.79. The van der Waals surface area contributed by atoms with Crippen molar-refractivity contribution in [3.8, 4) is 0 Å². The molecule has 1 aliphatic carbocycles. The molecule has 0 aromatic rings. The highest BCUT2D eigenvalue weighted by atomic mass is 31.1. The topological polar surface area (TPSA) is 0 Å². The van der Waals surface area contributed by atoms with E-state index >= 15 is 0 Å². The summed E-state index contributed by atoms with van der Waals surface area (Å²) in [6.45, 7) is 35.1. The average Bonchev–Trinajstić information content (AvgIpc) is 2.41. The van der Waals surface area contributed by atoms with E-state index in [2.05, 4.69) is 96.9 Å². The summed E-state index contributed by atoms with van der Waals surface area (Å²) in [5.41, 5.74) is 0. The van der Waals surface area contributed by atoms with Crippen LogP contribution in [0.4, 0.5) is 0 Å². The van der Waals surface area contributed by atoms with Gasteiger partial charge in [-0.05, 0) is 69.5 Å². The lowest BCUT2D eigenvalue weighted by Crippen LogP contribution is -2.38. The summed E-state index contributed by atoms with van der Waals surface area (Å²) < 4.78 is 0. The van der Waals surface area contributed by atoms with Crippen LogP contribution in [0.15, 0.2) is 0 Å². The molecule has 0 bridgehead atoms. The van der Waals surface area contributed by atoms with Crippen LogP contribution in [-0.4, -0.2) is 32.9 Å². The molecule has 0 aliphatic heterocycles. The minimum Gasteiger partial charge on any atom is -0.0954 e. The standard InChI is InChI=1S/C26H54P2/c1-19-15-21(17-27(23(3,4)5)24(6,7)8)22(16-20(19)2)18-28(25(9,10)11)26(12,13)14/h19-22H,15-18H2,1-14H3. The van der Waals surface area contributed by atoms with E-state index in [1.165, 1.54) is 25.2 Å². The van der Waals surface area contributed by atoms with Gasteiger partial charge in [-0.3, -0.25) is 0 Å². The van der Waals surface area contributed by atoms with E-state index in [1.54, 1.807) is 0 Å². The van der Waals surface area contributed by atoms with Crippen molar-refractivity contribution in [1.82, 2.24) is 0 Å². The number of rotatable bonds is 4. The molecule has 0 nitrogen and oxygen atoms in total. The van der Waals surface area contributed by atoms with Gasteiger partial charge in [-0.1, -0.05) is 113 Å². The molecule has 4 unspecified atom stereocenters. The van der Waals surface area contributed by atoms with Crippen LogP contribution < -0.4 is 0 Å². The Hall–Kier alpha value is 0.860. The van der Waals surface area contributed by atoms with Crippen molar-refractivity contribution in [2.24, 2.45) is 23.7 Å². The summed E-state index contributed by atoms with van der Waals surface area (Å²) in [6.07, 6.45) is 5.91. The second-order valence-corrected chi connectivity index (χ2v) is 21.7. The summed E-state index contributed by atoms with van der Waals surface area (Å²) in [7, 11) is 0.000932. The lowest BCUT2D eigenvalue weighted by Gasteiger charge is -2.50. The van der Waals surface area contributed by atoms with E-state index in [4.69, 9.17) is 0 Å². The maximum absolute atomic E-state index is 2.53. The fourth-order valence-corrected chi connectivity index (χ4v) is 13.9. The lowest BCUT2D eigenvalue weighted by atomic mass is 9.71. The molecule has 0 aromatic heterocycles. The van der Waals surface area contributed by atoms with Gasteiger partial charge in [0.2, 0.25) is 0 Å². The van der Waals surface area contributed by atoms with Crippen LogP contribution >= 0.6 is 15.8 Å². The van der Waals surface area contributed by atoms with Crippen LogP contribution in [0.3, 0.4) is 0 Å². The first-order valence-corrected chi connectivity index (χ1v) is 14.9. The van der Waals surface area contributed by atoms with E-state index in [0.29, 0.717) is 20.6 Å². The van der Waals surface area contributed by atoms with Crippen LogP contribution in [0, 0.1) is 23.7 Å². The molecule has 168 valence electrons. The monoisotopic (exact) mass is 428 g/mol. The summed E-state index contributed by atoms with van der Waals surface area (Å²) in [5.74, 6) is 3.66. The predicted octanol–water partition coefficient (Wildman–Crippen LogP) is 9.44. The summed E-state index contributed by atoms with van der Waals surface area (Å²) in [6, 6.07) is 0. The zero-order chi connectivity index (χ0) is 22.3. The van der Waals surface area contributed by atoms with Crippen molar-refractivity contribution < 1.29 is 0 Å². The Morgan fingerprint density at radius 3 is 0.893 bits per heavy atom. The zero-order valence-corrected chi connectivity index (χ0v) is 23.8. The molecule has 1 saturated carbocycles. The summed E-state index contributed by atoms with van der Waals surface area (Å²) in [5, 5.41) is 1.79.